The molecule has 0 aliphatic heterocycles. The van der Waals surface area contributed by atoms with Crippen LogP contribution in [0.15, 0.2) is 24.3 Å². The van der Waals surface area contributed by atoms with E-state index in [1.54, 1.807) is 6.07 Å². The van der Waals surface area contributed by atoms with Crippen LogP contribution in [-0.2, 0) is 11.2 Å². The van der Waals surface area contributed by atoms with Crippen LogP contribution in [0.1, 0.15) is 48.5 Å². The largest absolute Gasteiger partial charge is 0.480 e. The second-order valence-corrected chi connectivity index (χ2v) is 5.28. The van der Waals surface area contributed by atoms with Gasteiger partial charge >= 0.3 is 12.1 Å². The van der Waals surface area contributed by atoms with Crippen molar-refractivity contribution in [3.05, 3.63) is 35.4 Å². The van der Waals surface area contributed by atoms with Crippen molar-refractivity contribution < 1.29 is 27.9 Å². The van der Waals surface area contributed by atoms with Gasteiger partial charge in [0.2, 0.25) is 0 Å². The van der Waals surface area contributed by atoms with Gasteiger partial charge in [-0.05, 0) is 24.5 Å². The highest BCUT2D eigenvalue weighted by Gasteiger charge is 2.28. The maximum atomic E-state index is 12.4. The second-order valence-electron chi connectivity index (χ2n) is 5.28. The summed E-state index contributed by atoms with van der Waals surface area (Å²) in [5.41, 5.74) is 0.335. The Morgan fingerprint density at radius 3 is 2.48 bits per heavy atom. The SMILES string of the molecule is CCCCC(NC(=O)c1ccccc1CCC(F)(F)F)C(=O)O. The maximum Gasteiger partial charge on any atom is 0.389 e. The van der Waals surface area contributed by atoms with Crippen molar-refractivity contribution in [2.24, 2.45) is 0 Å². The maximum absolute atomic E-state index is 12.4. The number of hydrogen-bond donors (Lipinski definition) is 2. The first-order valence-electron chi connectivity index (χ1n) is 7.43. The lowest BCUT2D eigenvalue weighted by Crippen LogP contribution is -2.41. The molecular formula is C16H20F3NO3. The number of carboxylic acids is 1. The van der Waals surface area contributed by atoms with Gasteiger partial charge in [0.15, 0.2) is 0 Å². The summed E-state index contributed by atoms with van der Waals surface area (Å²) >= 11 is 0. The second kappa shape index (κ2) is 8.55. The third-order valence-corrected chi connectivity index (χ3v) is 3.39. The molecule has 7 heteroatoms. The Bertz CT molecular complexity index is 544. The number of aliphatic carboxylic acids is 1. The van der Waals surface area contributed by atoms with Crippen LogP contribution >= 0.6 is 0 Å². The highest BCUT2D eigenvalue weighted by Crippen LogP contribution is 2.23. The van der Waals surface area contributed by atoms with Crippen molar-refractivity contribution in [1.29, 1.82) is 0 Å². The summed E-state index contributed by atoms with van der Waals surface area (Å²) in [6, 6.07) is 4.89. The van der Waals surface area contributed by atoms with Crippen LogP contribution < -0.4 is 5.32 Å². The molecule has 4 nitrogen and oxygen atoms in total. The van der Waals surface area contributed by atoms with Crippen molar-refractivity contribution >= 4 is 11.9 Å². The summed E-state index contributed by atoms with van der Waals surface area (Å²) in [5, 5.41) is 11.5. The molecule has 1 atom stereocenters. The number of halogens is 3. The molecule has 0 fully saturated rings. The fourth-order valence-electron chi connectivity index (χ4n) is 2.14. The van der Waals surface area contributed by atoms with E-state index in [2.05, 4.69) is 5.32 Å². The van der Waals surface area contributed by atoms with Gasteiger partial charge in [0.25, 0.3) is 5.91 Å². The van der Waals surface area contributed by atoms with Gasteiger partial charge in [0.05, 0.1) is 0 Å². The monoisotopic (exact) mass is 331 g/mol. The summed E-state index contributed by atoms with van der Waals surface area (Å²) in [5.74, 6) is -1.81. The molecule has 0 heterocycles. The third-order valence-electron chi connectivity index (χ3n) is 3.39. The van der Waals surface area contributed by atoms with Crippen LogP contribution in [0.3, 0.4) is 0 Å². The van der Waals surface area contributed by atoms with Gasteiger partial charge in [-0.1, -0.05) is 38.0 Å². The van der Waals surface area contributed by atoms with Crippen LogP contribution in [0, 0.1) is 0 Å². The van der Waals surface area contributed by atoms with Crippen LogP contribution in [-0.4, -0.2) is 29.2 Å². The Kier molecular flexibility index (Phi) is 7.06. The standard InChI is InChI=1S/C16H20F3NO3/c1-2-3-8-13(15(22)23)20-14(21)12-7-5-4-6-11(12)9-10-16(17,18)19/h4-7,13H,2-3,8-10H2,1H3,(H,20,21)(H,22,23). The fourth-order valence-corrected chi connectivity index (χ4v) is 2.14. The molecular weight excluding hydrogens is 311 g/mol. The van der Waals surface area contributed by atoms with Crippen molar-refractivity contribution in [2.45, 2.75) is 51.2 Å². The van der Waals surface area contributed by atoms with Crippen LogP contribution in [0.25, 0.3) is 0 Å². The van der Waals surface area contributed by atoms with E-state index in [9.17, 15) is 22.8 Å². The molecule has 2 N–H and O–H groups in total. The Hall–Kier alpha value is -2.05. The quantitative estimate of drug-likeness (QED) is 0.765. The fraction of sp³-hybridized carbons (Fsp3) is 0.500. The first-order chi connectivity index (χ1) is 10.7. The van der Waals surface area contributed by atoms with Gasteiger partial charge in [0.1, 0.15) is 6.04 Å². The van der Waals surface area contributed by atoms with E-state index in [4.69, 9.17) is 5.11 Å². The lowest BCUT2D eigenvalue weighted by Gasteiger charge is -2.16. The Balaban J connectivity index is 2.84. The molecule has 0 spiro atoms. The van der Waals surface area contributed by atoms with Gasteiger partial charge in [0, 0.05) is 12.0 Å². The Labute approximate surface area is 132 Å². The van der Waals surface area contributed by atoms with Crippen LogP contribution in [0.4, 0.5) is 13.2 Å². The summed E-state index contributed by atoms with van der Waals surface area (Å²) < 4.78 is 37.1. The van der Waals surface area contributed by atoms with Gasteiger partial charge in [-0.25, -0.2) is 4.79 Å². The average Bonchev–Trinajstić information content (AvgIpc) is 2.48. The molecule has 128 valence electrons. The molecule has 0 aliphatic rings. The normalized spacial score (nSPS) is 12.7. The van der Waals surface area contributed by atoms with Crippen molar-refractivity contribution in [1.82, 2.24) is 5.32 Å². The molecule has 23 heavy (non-hydrogen) atoms. The summed E-state index contributed by atoms with van der Waals surface area (Å²) in [4.78, 5) is 23.4. The zero-order chi connectivity index (χ0) is 17.5. The van der Waals surface area contributed by atoms with E-state index in [0.717, 1.165) is 6.42 Å². The highest BCUT2D eigenvalue weighted by molar-refractivity contribution is 5.97. The molecule has 1 amide bonds. The number of carbonyl (C=O) groups excluding carboxylic acids is 1. The summed E-state index contributed by atoms with van der Waals surface area (Å²) in [7, 11) is 0. The molecule has 0 saturated carbocycles. The highest BCUT2D eigenvalue weighted by atomic mass is 19.4. The number of carboxylic acid groups (broad SMARTS) is 1. The number of benzene rings is 1. The van der Waals surface area contributed by atoms with Gasteiger partial charge < -0.3 is 10.4 Å². The number of aryl methyl sites for hydroxylation is 1. The average molecular weight is 331 g/mol. The number of hydrogen-bond acceptors (Lipinski definition) is 2. The Morgan fingerprint density at radius 2 is 1.91 bits per heavy atom. The first kappa shape index (κ1) is 19.0. The van der Waals surface area contributed by atoms with Crippen LogP contribution in [0.2, 0.25) is 0 Å². The molecule has 0 saturated heterocycles. The van der Waals surface area contributed by atoms with E-state index in [1.807, 2.05) is 6.92 Å². The zero-order valence-corrected chi connectivity index (χ0v) is 12.8. The topological polar surface area (TPSA) is 66.4 Å². The molecule has 0 aliphatic carbocycles. The number of amides is 1. The summed E-state index contributed by atoms with van der Waals surface area (Å²) in [6.45, 7) is 1.90. The van der Waals surface area contributed by atoms with Crippen molar-refractivity contribution in [3.8, 4) is 0 Å². The lowest BCUT2D eigenvalue weighted by molar-refractivity contribution is -0.139. The lowest BCUT2D eigenvalue weighted by atomic mass is 10.0. The third kappa shape index (κ3) is 6.71. The zero-order valence-electron chi connectivity index (χ0n) is 12.8. The Morgan fingerprint density at radius 1 is 1.26 bits per heavy atom. The van der Waals surface area contributed by atoms with E-state index < -0.39 is 30.5 Å². The van der Waals surface area contributed by atoms with Crippen LogP contribution in [0.5, 0.6) is 0 Å². The minimum atomic E-state index is -4.31. The van der Waals surface area contributed by atoms with Gasteiger partial charge in [-0.15, -0.1) is 0 Å². The molecule has 0 aromatic heterocycles. The molecule has 1 unspecified atom stereocenters. The van der Waals surface area contributed by atoms with E-state index >= 15 is 0 Å². The van der Waals surface area contributed by atoms with E-state index in [-0.39, 0.29) is 24.0 Å². The number of nitrogens with one attached hydrogen (secondary N) is 1. The minimum absolute atomic E-state index is 0.0829. The number of rotatable bonds is 8. The predicted molar refractivity (Wildman–Crippen MR) is 79.2 cm³/mol. The number of alkyl halides is 3. The van der Waals surface area contributed by atoms with Gasteiger partial charge in [-0.3, -0.25) is 4.79 Å². The predicted octanol–water partition coefficient (Wildman–Crippen LogP) is 3.55. The number of unbranched alkanes of at least 4 members (excludes halogenated alkanes) is 1. The molecule has 1 rings (SSSR count). The molecule has 1 aromatic rings. The van der Waals surface area contributed by atoms with Gasteiger partial charge in [-0.2, -0.15) is 13.2 Å². The summed E-state index contributed by atoms with van der Waals surface area (Å²) in [6.07, 6.45) is -3.97. The molecule has 0 radical (unpaired) electrons. The number of carbonyl (C=O) groups is 2. The van der Waals surface area contributed by atoms with E-state index in [1.165, 1.54) is 18.2 Å². The molecule has 1 aromatic carbocycles. The van der Waals surface area contributed by atoms with Crippen molar-refractivity contribution in [2.75, 3.05) is 0 Å². The minimum Gasteiger partial charge on any atom is -0.480 e. The van der Waals surface area contributed by atoms with Crippen molar-refractivity contribution in [3.63, 3.8) is 0 Å². The molecule has 0 bridgehead atoms. The smallest absolute Gasteiger partial charge is 0.389 e. The van der Waals surface area contributed by atoms with E-state index in [0.29, 0.717) is 6.42 Å². The first-order valence-corrected chi connectivity index (χ1v) is 7.43.